The minimum atomic E-state index is 0.431. The molecule has 0 aliphatic rings. The number of alkyl halides is 1. The molecule has 0 saturated heterocycles. The molecular formula is C15H17BrS. The van der Waals surface area contributed by atoms with E-state index in [1.807, 2.05) is 11.3 Å². The van der Waals surface area contributed by atoms with Gasteiger partial charge in [0.2, 0.25) is 0 Å². The maximum absolute atomic E-state index is 3.81. The fourth-order valence-electron chi connectivity index (χ4n) is 1.89. The van der Waals surface area contributed by atoms with Gasteiger partial charge in [-0.1, -0.05) is 40.2 Å². The van der Waals surface area contributed by atoms with Crippen LogP contribution in [0.1, 0.15) is 31.3 Å². The van der Waals surface area contributed by atoms with Crippen molar-refractivity contribution in [3.05, 3.63) is 56.8 Å². The van der Waals surface area contributed by atoms with E-state index < -0.39 is 0 Å². The highest BCUT2D eigenvalue weighted by Crippen LogP contribution is 2.34. The van der Waals surface area contributed by atoms with Crippen LogP contribution in [0.25, 0.3) is 0 Å². The van der Waals surface area contributed by atoms with Crippen molar-refractivity contribution in [3.63, 3.8) is 0 Å². The first-order valence-corrected chi connectivity index (χ1v) is 7.56. The molecule has 1 unspecified atom stereocenters. The van der Waals surface area contributed by atoms with Crippen LogP contribution >= 0.6 is 27.3 Å². The van der Waals surface area contributed by atoms with E-state index in [0.717, 1.165) is 6.42 Å². The van der Waals surface area contributed by atoms with Crippen LogP contribution in [-0.4, -0.2) is 0 Å². The average Bonchev–Trinajstić information content (AvgIpc) is 2.63. The standard InChI is InChI=1S/C15H17BrS/c1-10-6-4-5-7-13(10)9-14(16)15-8-11(2)12(3)17-15/h4-8,14H,9H2,1-3H3. The molecule has 0 radical (unpaired) electrons. The molecule has 1 heterocycles. The number of rotatable bonds is 3. The van der Waals surface area contributed by atoms with Gasteiger partial charge in [0.1, 0.15) is 0 Å². The molecule has 2 heteroatoms. The fourth-order valence-corrected chi connectivity index (χ4v) is 3.67. The van der Waals surface area contributed by atoms with Gasteiger partial charge < -0.3 is 0 Å². The Morgan fingerprint density at radius 2 is 1.82 bits per heavy atom. The van der Waals surface area contributed by atoms with E-state index >= 15 is 0 Å². The van der Waals surface area contributed by atoms with Gasteiger partial charge in [-0.25, -0.2) is 0 Å². The van der Waals surface area contributed by atoms with Gasteiger partial charge in [-0.3, -0.25) is 0 Å². The number of hydrogen-bond donors (Lipinski definition) is 0. The summed E-state index contributed by atoms with van der Waals surface area (Å²) in [6.45, 7) is 6.56. The minimum absolute atomic E-state index is 0.431. The number of aryl methyl sites for hydroxylation is 3. The third kappa shape index (κ3) is 2.99. The second-order valence-electron chi connectivity index (χ2n) is 4.49. The van der Waals surface area contributed by atoms with E-state index in [-0.39, 0.29) is 0 Å². The number of benzene rings is 1. The first-order valence-electron chi connectivity index (χ1n) is 5.83. The molecule has 1 aromatic heterocycles. The van der Waals surface area contributed by atoms with Crippen molar-refractivity contribution < 1.29 is 0 Å². The van der Waals surface area contributed by atoms with Gasteiger partial charge in [-0.05, 0) is 49.9 Å². The Kier molecular flexibility index (Phi) is 4.05. The van der Waals surface area contributed by atoms with Crippen LogP contribution in [0.3, 0.4) is 0 Å². The predicted octanol–water partition coefficient (Wildman–Crippen LogP) is 5.35. The van der Waals surface area contributed by atoms with Gasteiger partial charge in [0.05, 0.1) is 4.83 Å². The first kappa shape index (κ1) is 12.8. The summed E-state index contributed by atoms with van der Waals surface area (Å²) in [5.41, 5.74) is 4.21. The molecule has 0 aliphatic carbocycles. The summed E-state index contributed by atoms with van der Waals surface area (Å²) in [4.78, 5) is 3.29. The zero-order valence-corrected chi connectivity index (χ0v) is 12.9. The van der Waals surface area contributed by atoms with Gasteiger partial charge in [0.25, 0.3) is 0 Å². The monoisotopic (exact) mass is 308 g/mol. The lowest BCUT2D eigenvalue weighted by molar-refractivity contribution is 0.957. The normalized spacial score (nSPS) is 12.7. The molecule has 1 atom stereocenters. The van der Waals surface area contributed by atoms with Crippen molar-refractivity contribution in [2.45, 2.75) is 32.0 Å². The summed E-state index contributed by atoms with van der Waals surface area (Å²) < 4.78 is 0. The Morgan fingerprint density at radius 3 is 2.41 bits per heavy atom. The molecule has 0 bridgehead atoms. The van der Waals surface area contributed by atoms with Gasteiger partial charge in [0, 0.05) is 9.75 Å². The summed E-state index contributed by atoms with van der Waals surface area (Å²) in [6, 6.07) is 10.9. The summed E-state index contributed by atoms with van der Waals surface area (Å²) in [5.74, 6) is 0. The highest BCUT2D eigenvalue weighted by Gasteiger charge is 2.13. The maximum Gasteiger partial charge on any atom is 0.0529 e. The van der Waals surface area contributed by atoms with Crippen molar-refractivity contribution in [2.24, 2.45) is 0 Å². The van der Waals surface area contributed by atoms with Crippen molar-refractivity contribution in [1.29, 1.82) is 0 Å². The minimum Gasteiger partial charge on any atom is -0.144 e. The molecule has 0 saturated carbocycles. The summed E-state index contributed by atoms with van der Waals surface area (Å²) in [6.07, 6.45) is 1.06. The Balaban J connectivity index is 2.17. The van der Waals surface area contributed by atoms with E-state index in [2.05, 4.69) is 67.0 Å². The second-order valence-corrected chi connectivity index (χ2v) is 6.88. The van der Waals surface area contributed by atoms with Crippen LogP contribution in [0.15, 0.2) is 30.3 Å². The third-order valence-electron chi connectivity index (χ3n) is 3.15. The molecule has 1 aromatic carbocycles. The van der Waals surface area contributed by atoms with Crippen molar-refractivity contribution in [1.82, 2.24) is 0 Å². The van der Waals surface area contributed by atoms with Crippen molar-refractivity contribution >= 4 is 27.3 Å². The first-order chi connectivity index (χ1) is 8.08. The average molecular weight is 309 g/mol. The number of halogens is 1. The van der Waals surface area contributed by atoms with Crippen molar-refractivity contribution in [3.8, 4) is 0 Å². The summed E-state index contributed by atoms with van der Waals surface area (Å²) in [7, 11) is 0. The zero-order valence-electron chi connectivity index (χ0n) is 10.5. The van der Waals surface area contributed by atoms with Crippen molar-refractivity contribution in [2.75, 3.05) is 0 Å². The van der Waals surface area contributed by atoms with E-state index in [9.17, 15) is 0 Å². The predicted molar refractivity (Wildman–Crippen MR) is 80.3 cm³/mol. The maximum atomic E-state index is 3.81. The van der Waals surface area contributed by atoms with E-state index in [4.69, 9.17) is 0 Å². The molecule has 0 fully saturated rings. The lowest BCUT2D eigenvalue weighted by Crippen LogP contribution is -1.95. The highest BCUT2D eigenvalue weighted by molar-refractivity contribution is 9.09. The van der Waals surface area contributed by atoms with Crippen LogP contribution in [0.2, 0.25) is 0 Å². The fraction of sp³-hybridized carbons (Fsp3) is 0.333. The third-order valence-corrected chi connectivity index (χ3v) is 5.54. The largest absolute Gasteiger partial charge is 0.144 e. The van der Waals surface area contributed by atoms with Gasteiger partial charge >= 0.3 is 0 Å². The SMILES string of the molecule is Cc1ccccc1CC(Br)c1cc(C)c(C)s1. The lowest BCUT2D eigenvalue weighted by atomic mass is 10.0. The molecule has 0 aliphatic heterocycles. The van der Waals surface area contributed by atoms with E-state index in [0.29, 0.717) is 4.83 Å². The van der Waals surface area contributed by atoms with Gasteiger partial charge in [-0.15, -0.1) is 11.3 Å². The number of hydrogen-bond acceptors (Lipinski definition) is 1. The molecular weight excluding hydrogens is 292 g/mol. The Labute approximate surface area is 116 Å². The Hall–Kier alpha value is -0.600. The summed E-state index contributed by atoms with van der Waals surface area (Å²) >= 11 is 5.72. The van der Waals surface area contributed by atoms with Crippen LogP contribution in [0, 0.1) is 20.8 Å². The molecule has 2 rings (SSSR count). The Bertz CT molecular complexity index is 494. The van der Waals surface area contributed by atoms with Crippen LogP contribution < -0.4 is 0 Å². The summed E-state index contributed by atoms with van der Waals surface area (Å²) in [5, 5.41) is 0. The molecule has 0 spiro atoms. The highest BCUT2D eigenvalue weighted by atomic mass is 79.9. The molecule has 0 amide bonds. The molecule has 2 aromatic rings. The number of thiophene rings is 1. The molecule has 0 N–H and O–H groups in total. The topological polar surface area (TPSA) is 0 Å². The zero-order chi connectivity index (χ0) is 12.4. The smallest absolute Gasteiger partial charge is 0.0529 e. The van der Waals surface area contributed by atoms with Crippen LogP contribution in [-0.2, 0) is 6.42 Å². The van der Waals surface area contributed by atoms with Crippen LogP contribution in [0.5, 0.6) is 0 Å². The van der Waals surface area contributed by atoms with E-state index in [1.54, 1.807) is 0 Å². The second kappa shape index (κ2) is 5.36. The Morgan fingerprint density at radius 1 is 1.12 bits per heavy atom. The van der Waals surface area contributed by atoms with E-state index in [1.165, 1.54) is 26.4 Å². The van der Waals surface area contributed by atoms with Gasteiger partial charge in [0.15, 0.2) is 0 Å². The molecule has 0 nitrogen and oxygen atoms in total. The molecule has 90 valence electrons. The van der Waals surface area contributed by atoms with Gasteiger partial charge in [-0.2, -0.15) is 0 Å². The van der Waals surface area contributed by atoms with Crippen LogP contribution in [0.4, 0.5) is 0 Å². The molecule has 17 heavy (non-hydrogen) atoms. The quantitative estimate of drug-likeness (QED) is 0.670. The lowest BCUT2D eigenvalue weighted by Gasteiger charge is -2.10.